The van der Waals surface area contributed by atoms with Crippen molar-refractivity contribution in [3.8, 4) is 0 Å². The maximum absolute atomic E-state index is 12.2. The molecule has 126 valence electrons. The first-order valence-electron chi connectivity index (χ1n) is 7.80. The second-order valence-electron chi connectivity index (χ2n) is 5.46. The Labute approximate surface area is 136 Å². The highest BCUT2D eigenvalue weighted by molar-refractivity contribution is 5.98. The lowest BCUT2D eigenvalue weighted by Crippen LogP contribution is -2.34. The van der Waals surface area contributed by atoms with E-state index in [1.807, 2.05) is 6.92 Å². The molecule has 0 aromatic heterocycles. The van der Waals surface area contributed by atoms with Crippen molar-refractivity contribution in [3.05, 3.63) is 29.8 Å². The molecule has 0 radical (unpaired) electrons. The number of carbonyl (C=O) groups excluding carboxylic acids is 2. The molecule has 0 spiro atoms. The van der Waals surface area contributed by atoms with E-state index >= 15 is 0 Å². The van der Waals surface area contributed by atoms with Crippen LogP contribution in [0.3, 0.4) is 0 Å². The Morgan fingerprint density at radius 2 is 1.78 bits per heavy atom. The number of nitrogens with one attached hydrogen (secondary N) is 2. The molecule has 0 fully saturated rings. The number of carbonyl (C=O) groups is 3. The summed E-state index contributed by atoms with van der Waals surface area (Å²) in [5, 5.41) is 14.7. The molecule has 0 saturated carbocycles. The van der Waals surface area contributed by atoms with Crippen LogP contribution in [0.15, 0.2) is 24.3 Å². The van der Waals surface area contributed by atoms with Crippen molar-refractivity contribution in [2.45, 2.75) is 40.0 Å². The molecule has 0 bridgehead atoms. The van der Waals surface area contributed by atoms with Gasteiger partial charge in [0.2, 0.25) is 5.91 Å². The summed E-state index contributed by atoms with van der Waals surface area (Å²) in [4.78, 5) is 35.4. The Bertz CT molecular complexity index is 580. The quantitative estimate of drug-likeness (QED) is 0.686. The number of hydrogen-bond donors (Lipinski definition) is 3. The van der Waals surface area contributed by atoms with Crippen LogP contribution >= 0.6 is 0 Å². The maximum atomic E-state index is 12.2. The number of anilines is 1. The minimum atomic E-state index is -1.05. The van der Waals surface area contributed by atoms with Gasteiger partial charge in [-0.2, -0.15) is 0 Å². The summed E-state index contributed by atoms with van der Waals surface area (Å²) < 4.78 is 0. The number of amides is 2. The van der Waals surface area contributed by atoms with Crippen LogP contribution in [0.4, 0.5) is 5.69 Å². The Morgan fingerprint density at radius 1 is 1.13 bits per heavy atom. The number of hydrogen-bond acceptors (Lipinski definition) is 3. The van der Waals surface area contributed by atoms with Crippen LogP contribution in [0.25, 0.3) is 0 Å². The van der Waals surface area contributed by atoms with Crippen LogP contribution in [0.1, 0.15) is 50.4 Å². The first kappa shape index (κ1) is 18.7. The number of carboxylic acid groups (broad SMARTS) is 1. The minimum Gasteiger partial charge on any atom is -0.481 e. The molecule has 0 aliphatic carbocycles. The standard InChI is InChI=1S/C17H24N2O4/c1-4-17(5-2,16(22)23)11-14(20)19-13-9-7-8-12(10-13)15(21)18-6-3/h7-10H,4-6,11H2,1-3H3,(H,18,21)(H,19,20)(H,22,23). The third kappa shape index (κ3) is 4.81. The van der Waals surface area contributed by atoms with Crippen LogP contribution in [0, 0.1) is 5.41 Å². The molecule has 1 rings (SSSR count). The third-order valence-corrected chi connectivity index (χ3v) is 4.05. The normalized spacial score (nSPS) is 10.9. The molecule has 1 aromatic rings. The van der Waals surface area contributed by atoms with Gasteiger partial charge in [0.25, 0.3) is 5.91 Å². The van der Waals surface area contributed by atoms with E-state index in [4.69, 9.17) is 0 Å². The van der Waals surface area contributed by atoms with E-state index in [2.05, 4.69) is 10.6 Å². The van der Waals surface area contributed by atoms with E-state index in [-0.39, 0.29) is 18.2 Å². The van der Waals surface area contributed by atoms with Crippen molar-refractivity contribution in [1.29, 1.82) is 0 Å². The van der Waals surface area contributed by atoms with Gasteiger partial charge in [-0.05, 0) is 38.0 Å². The van der Waals surface area contributed by atoms with Crippen molar-refractivity contribution in [3.63, 3.8) is 0 Å². The summed E-state index contributed by atoms with van der Waals surface area (Å²) in [5.41, 5.74) is -0.133. The average Bonchev–Trinajstić information content (AvgIpc) is 2.52. The van der Waals surface area contributed by atoms with Crippen molar-refractivity contribution >= 4 is 23.5 Å². The van der Waals surface area contributed by atoms with Crippen LogP contribution in [0.2, 0.25) is 0 Å². The van der Waals surface area contributed by atoms with E-state index in [0.29, 0.717) is 30.6 Å². The monoisotopic (exact) mass is 320 g/mol. The topological polar surface area (TPSA) is 95.5 Å². The van der Waals surface area contributed by atoms with Gasteiger partial charge in [0.05, 0.1) is 5.41 Å². The predicted octanol–water partition coefficient (Wildman–Crippen LogP) is 2.66. The van der Waals surface area contributed by atoms with Crippen LogP contribution < -0.4 is 10.6 Å². The van der Waals surface area contributed by atoms with Gasteiger partial charge in [0.15, 0.2) is 0 Å². The van der Waals surface area contributed by atoms with E-state index in [1.54, 1.807) is 38.1 Å². The molecule has 0 atom stereocenters. The summed E-state index contributed by atoms with van der Waals surface area (Å²) >= 11 is 0. The molecule has 0 heterocycles. The van der Waals surface area contributed by atoms with Gasteiger partial charge in [-0.25, -0.2) is 0 Å². The lowest BCUT2D eigenvalue weighted by molar-refractivity contribution is -0.151. The highest BCUT2D eigenvalue weighted by Gasteiger charge is 2.37. The van der Waals surface area contributed by atoms with E-state index in [0.717, 1.165) is 0 Å². The number of aliphatic carboxylic acids is 1. The molecule has 0 saturated heterocycles. The number of rotatable bonds is 8. The van der Waals surface area contributed by atoms with Crippen molar-refractivity contribution in [2.75, 3.05) is 11.9 Å². The summed E-state index contributed by atoms with van der Waals surface area (Å²) in [5.74, 6) is -1.55. The largest absolute Gasteiger partial charge is 0.481 e. The van der Waals surface area contributed by atoms with Gasteiger partial charge < -0.3 is 15.7 Å². The van der Waals surface area contributed by atoms with E-state index < -0.39 is 11.4 Å². The molecular formula is C17H24N2O4. The van der Waals surface area contributed by atoms with E-state index in [1.165, 1.54) is 0 Å². The Kier molecular flexibility index (Phi) is 6.75. The van der Waals surface area contributed by atoms with Gasteiger partial charge in [0.1, 0.15) is 0 Å². The second-order valence-corrected chi connectivity index (χ2v) is 5.46. The Balaban J connectivity index is 2.83. The first-order valence-corrected chi connectivity index (χ1v) is 7.80. The minimum absolute atomic E-state index is 0.0965. The first-order chi connectivity index (χ1) is 10.9. The van der Waals surface area contributed by atoms with Crippen LogP contribution in [0.5, 0.6) is 0 Å². The van der Waals surface area contributed by atoms with Gasteiger partial charge in [-0.15, -0.1) is 0 Å². The highest BCUT2D eigenvalue weighted by Crippen LogP contribution is 2.31. The van der Waals surface area contributed by atoms with E-state index in [9.17, 15) is 19.5 Å². The Hall–Kier alpha value is -2.37. The van der Waals surface area contributed by atoms with Crippen molar-refractivity contribution in [1.82, 2.24) is 5.32 Å². The molecule has 0 unspecified atom stereocenters. The molecule has 1 aromatic carbocycles. The summed E-state index contributed by atoms with van der Waals surface area (Å²) in [7, 11) is 0. The lowest BCUT2D eigenvalue weighted by atomic mass is 9.79. The van der Waals surface area contributed by atoms with Gasteiger partial charge in [-0.1, -0.05) is 19.9 Å². The van der Waals surface area contributed by atoms with Crippen molar-refractivity contribution in [2.24, 2.45) is 5.41 Å². The molecule has 6 heteroatoms. The fourth-order valence-corrected chi connectivity index (χ4v) is 2.39. The summed E-state index contributed by atoms with van der Waals surface area (Å²) in [6.07, 6.45) is 0.664. The summed E-state index contributed by atoms with van der Waals surface area (Å²) in [6, 6.07) is 6.56. The van der Waals surface area contributed by atoms with Gasteiger partial charge >= 0.3 is 5.97 Å². The molecule has 0 aliphatic heterocycles. The average molecular weight is 320 g/mol. The fraction of sp³-hybridized carbons (Fsp3) is 0.471. The zero-order valence-electron chi connectivity index (χ0n) is 13.8. The lowest BCUT2D eigenvalue weighted by Gasteiger charge is -2.25. The second kappa shape index (κ2) is 8.31. The van der Waals surface area contributed by atoms with Crippen molar-refractivity contribution < 1.29 is 19.5 Å². The SMILES string of the molecule is CCNC(=O)c1cccc(NC(=O)CC(CC)(CC)C(=O)O)c1. The molecule has 3 N–H and O–H groups in total. The molecule has 2 amide bonds. The zero-order chi connectivity index (χ0) is 17.5. The number of benzene rings is 1. The molecule has 6 nitrogen and oxygen atoms in total. The van der Waals surface area contributed by atoms with Crippen LogP contribution in [-0.4, -0.2) is 29.4 Å². The maximum Gasteiger partial charge on any atom is 0.310 e. The Morgan fingerprint density at radius 3 is 2.30 bits per heavy atom. The van der Waals surface area contributed by atoms with Gasteiger partial charge in [-0.3, -0.25) is 14.4 Å². The summed E-state index contributed by atoms with van der Waals surface area (Å²) in [6.45, 7) is 5.87. The molecule has 23 heavy (non-hydrogen) atoms. The third-order valence-electron chi connectivity index (χ3n) is 4.05. The smallest absolute Gasteiger partial charge is 0.310 e. The number of carboxylic acids is 1. The van der Waals surface area contributed by atoms with Crippen LogP contribution in [-0.2, 0) is 9.59 Å². The molecular weight excluding hydrogens is 296 g/mol. The highest BCUT2D eigenvalue weighted by atomic mass is 16.4. The molecule has 0 aliphatic rings. The van der Waals surface area contributed by atoms with Gasteiger partial charge in [0, 0.05) is 24.2 Å². The predicted molar refractivity (Wildman–Crippen MR) is 88.3 cm³/mol. The zero-order valence-corrected chi connectivity index (χ0v) is 13.8. The fourth-order valence-electron chi connectivity index (χ4n) is 2.39.